The standard InChI is InChI=1S/C17H20N2O4/c1-3-22-9-8-16-18-10-14(11-20)17(19-16)23-12-13-4-6-15(21-2)7-5-13/h4-10,20H,3,11-12H2,1-2H3. The highest BCUT2D eigenvalue weighted by Crippen LogP contribution is 2.18. The highest BCUT2D eigenvalue weighted by Gasteiger charge is 2.07. The lowest BCUT2D eigenvalue weighted by Crippen LogP contribution is -2.03. The molecule has 0 atom stereocenters. The summed E-state index contributed by atoms with van der Waals surface area (Å²) in [6.07, 6.45) is 4.72. The number of methoxy groups -OCH3 is 1. The fourth-order valence-electron chi connectivity index (χ4n) is 1.80. The summed E-state index contributed by atoms with van der Waals surface area (Å²) in [4.78, 5) is 8.40. The van der Waals surface area contributed by atoms with Gasteiger partial charge in [0.15, 0.2) is 5.82 Å². The molecule has 0 amide bonds. The maximum absolute atomic E-state index is 9.37. The van der Waals surface area contributed by atoms with E-state index in [-0.39, 0.29) is 6.61 Å². The van der Waals surface area contributed by atoms with E-state index in [1.54, 1.807) is 19.4 Å². The highest BCUT2D eigenvalue weighted by molar-refractivity contribution is 5.40. The van der Waals surface area contributed by atoms with E-state index < -0.39 is 0 Å². The zero-order valence-corrected chi connectivity index (χ0v) is 13.2. The first kappa shape index (κ1) is 16.8. The van der Waals surface area contributed by atoms with E-state index in [1.807, 2.05) is 31.2 Å². The van der Waals surface area contributed by atoms with Crippen LogP contribution in [-0.4, -0.2) is 28.8 Å². The Morgan fingerprint density at radius 3 is 2.65 bits per heavy atom. The van der Waals surface area contributed by atoms with Crippen molar-refractivity contribution in [2.45, 2.75) is 20.1 Å². The average molecular weight is 316 g/mol. The van der Waals surface area contributed by atoms with E-state index >= 15 is 0 Å². The number of aliphatic hydroxyl groups is 1. The summed E-state index contributed by atoms with van der Waals surface area (Å²) < 4.78 is 15.9. The van der Waals surface area contributed by atoms with Gasteiger partial charge in [-0.05, 0) is 24.6 Å². The van der Waals surface area contributed by atoms with Crippen LogP contribution in [0.15, 0.2) is 36.7 Å². The Morgan fingerprint density at radius 2 is 2.00 bits per heavy atom. The molecule has 1 aromatic carbocycles. The molecule has 2 rings (SSSR count). The van der Waals surface area contributed by atoms with Crippen molar-refractivity contribution in [1.82, 2.24) is 9.97 Å². The Bertz CT molecular complexity index is 642. The van der Waals surface area contributed by atoms with E-state index in [1.165, 1.54) is 6.26 Å². The fourth-order valence-corrected chi connectivity index (χ4v) is 1.80. The quantitative estimate of drug-likeness (QED) is 0.755. The number of benzene rings is 1. The first-order valence-electron chi connectivity index (χ1n) is 7.27. The van der Waals surface area contributed by atoms with E-state index in [9.17, 15) is 5.11 Å². The van der Waals surface area contributed by atoms with Gasteiger partial charge in [-0.15, -0.1) is 0 Å². The van der Waals surface area contributed by atoms with E-state index in [0.717, 1.165) is 11.3 Å². The monoisotopic (exact) mass is 316 g/mol. The molecule has 0 aliphatic carbocycles. The molecular formula is C17H20N2O4. The molecule has 0 radical (unpaired) electrons. The van der Waals surface area contributed by atoms with Gasteiger partial charge < -0.3 is 19.3 Å². The van der Waals surface area contributed by atoms with Crippen molar-refractivity contribution < 1.29 is 19.3 Å². The maximum atomic E-state index is 9.37. The smallest absolute Gasteiger partial charge is 0.222 e. The van der Waals surface area contributed by atoms with E-state index in [4.69, 9.17) is 14.2 Å². The largest absolute Gasteiger partial charge is 0.501 e. The summed E-state index contributed by atoms with van der Waals surface area (Å²) in [5, 5.41) is 9.37. The second-order valence-corrected chi connectivity index (χ2v) is 4.61. The SMILES string of the molecule is CCOC=Cc1ncc(CO)c(OCc2ccc(OC)cc2)n1. The van der Waals surface area contributed by atoms with Gasteiger partial charge in [0, 0.05) is 12.3 Å². The summed E-state index contributed by atoms with van der Waals surface area (Å²) in [6.45, 7) is 2.62. The zero-order chi connectivity index (χ0) is 16.5. The van der Waals surface area contributed by atoms with Gasteiger partial charge in [0.25, 0.3) is 0 Å². The third kappa shape index (κ3) is 4.96. The lowest BCUT2D eigenvalue weighted by Gasteiger charge is -2.10. The Kier molecular flexibility index (Phi) is 6.38. The van der Waals surface area contributed by atoms with Gasteiger partial charge >= 0.3 is 0 Å². The van der Waals surface area contributed by atoms with Crippen molar-refractivity contribution in [3.8, 4) is 11.6 Å². The predicted molar refractivity (Wildman–Crippen MR) is 85.9 cm³/mol. The summed E-state index contributed by atoms with van der Waals surface area (Å²) in [7, 11) is 1.62. The van der Waals surface area contributed by atoms with Crippen LogP contribution < -0.4 is 9.47 Å². The molecule has 23 heavy (non-hydrogen) atoms. The average Bonchev–Trinajstić information content (AvgIpc) is 2.60. The topological polar surface area (TPSA) is 73.7 Å². The molecule has 0 saturated carbocycles. The minimum atomic E-state index is -0.187. The first-order valence-corrected chi connectivity index (χ1v) is 7.27. The Morgan fingerprint density at radius 1 is 1.22 bits per heavy atom. The molecule has 1 aromatic heterocycles. The number of hydrogen-bond acceptors (Lipinski definition) is 6. The molecule has 2 aromatic rings. The normalized spacial score (nSPS) is 10.7. The van der Waals surface area contributed by atoms with Crippen molar-refractivity contribution >= 4 is 6.08 Å². The highest BCUT2D eigenvalue weighted by atomic mass is 16.5. The molecular weight excluding hydrogens is 296 g/mol. The molecule has 0 aliphatic rings. The number of aliphatic hydroxyl groups excluding tert-OH is 1. The van der Waals surface area contributed by atoms with Gasteiger partial charge in [-0.3, -0.25) is 0 Å². The fraction of sp³-hybridized carbons (Fsp3) is 0.294. The predicted octanol–water partition coefficient (Wildman–Crippen LogP) is 2.56. The molecule has 0 aliphatic heterocycles. The van der Waals surface area contributed by atoms with Crippen LogP contribution in [0.1, 0.15) is 23.9 Å². The van der Waals surface area contributed by atoms with E-state index in [0.29, 0.717) is 30.5 Å². The molecule has 0 bridgehead atoms. The molecule has 1 heterocycles. The molecule has 6 nitrogen and oxygen atoms in total. The molecule has 6 heteroatoms. The summed E-state index contributed by atoms with van der Waals surface area (Å²) in [5.41, 5.74) is 1.51. The second kappa shape index (κ2) is 8.75. The third-order valence-corrected chi connectivity index (χ3v) is 3.03. The van der Waals surface area contributed by atoms with Gasteiger partial charge in [-0.2, -0.15) is 4.98 Å². The van der Waals surface area contributed by atoms with Gasteiger partial charge in [0.2, 0.25) is 5.88 Å². The van der Waals surface area contributed by atoms with Gasteiger partial charge in [-0.25, -0.2) is 4.98 Å². The van der Waals surface area contributed by atoms with Gasteiger partial charge in [-0.1, -0.05) is 12.1 Å². The lowest BCUT2D eigenvalue weighted by atomic mass is 10.2. The summed E-state index contributed by atoms with van der Waals surface area (Å²) >= 11 is 0. The number of nitrogens with zero attached hydrogens (tertiary/aromatic N) is 2. The maximum Gasteiger partial charge on any atom is 0.222 e. The molecule has 0 spiro atoms. The number of aromatic nitrogens is 2. The Hall–Kier alpha value is -2.60. The summed E-state index contributed by atoms with van der Waals surface area (Å²) in [6, 6.07) is 7.55. The van der Waals surface area contributed by atoms with Crippen LogP contribution in [-0.2, 0) is 18.0 Å². The summed E-state index contributed by atoms with van der Waals surface area (Å²) in [5.74, 6) is 1.60. The zero-order valence-electron chi connectivity index (χ0n) is 13.2. The van der Waals surface area contributed by atoms with Crippen molar-refractivity contribution in [3.63, 3.8) is 0 Å². The number of ether oxygens (including phenoxy) is 3. The number of rotatable bonds is 8. The van der Waals surface area contributed by atoms with Crippen LogP contribution in [0.25, 0.3) is 6.08 Å². The second-order valence-electron chi connectivity index (χ2n) is 4.61. The van der Waals surface area contributed by atoms with Crippen molar-refractivity contribution in [2.24, 2.45) is 0 Å². The van der Waals surface area contributed by atoms with Gasteiger partial charge in [0.1, 0.15) is 12.4 Å². The Balaban J connectivity index is 2.08. The van der Waals surface area contributed by atoms with Crippen LogP contribution in [0.2, 0.25) is 0 Å². The molecule has 1 N–H and O–H groups in total. The van der Waals surface area contributed by atoms with Gasteiger partial charge in [0.05, 0.1) is 32.1 Å². The first-order chi connectivity index (χ1) is 11.3. The number of hydrogen-bond donors (Lipinski definition) is 1. The van der Waals surface area contributed by atoms with Crippen molar-refractivity contribution in [3.05, 3.63) is 53.7 Å². The van der Waals surface area contributed by atoms with Crippen LogP contribution in [0, 0.1) is 0 Å². The lowest BCUT2D eigenvalue weighted by molar-refractivity contribution is 0.251. The van der Waals surface area contributed by atoms with Crippen LogP contribution in [0.3, 0.4) is 0 Å². The van der Waals surface area contributed by atoms with Crippen molar-refractivity contribution in [2.75, 3.05) is 13.7 Å². The minimum Gasteiger partial charge on any atom is -0.501 e. The molecule has 122 valence electrons. The van der Waals surface area contributed by atoms with E-state index in [2.05, 4.69) is 9.97 Å². The molecule has 0 unspecified atom stereocenters. The van der Waals surface area contributed by atoms with Crippen LogP contribution in [0.4, 0.5) is 0 Å². The van der Waals surface area contributed by atoms with Crippen LogP contribution >= 0.6 is 0 Å². The minimum absolute atomic E-state index is 0.187. The molecule has 0 fully saturated rings. The molecule has 0 saturated heterocycles. The van der Waals surface area contributed by atoms with Crippen LogP contribution in [0.5, 0.6) is 11.6 Å². The van der Waals surface area contributed by atoms with Crippen molar-refractivity contribution in [1.29, 1.82) is 0 Å². The third-order valence-electron chi connectivity index (χ3n) is 3.03. The Labute approximate surface area is 135 Å².